The zero-order valence-electron chi connectivity index (χ0n) is 15.2. The van der Waals surface area contributed by atoms with Gasteiger partial charge in [-0.3, -0.25) is 4.99 Å². The summed E-state index contributed by atoms with van der Waals surface area (Å²) in [6, 6.07) is 4.27. The molecule has 1 aromatic heterocycles. The lowest BCUT2D eigenvalue weighted by atomic mass is 9.96. The van der Waals surface area contributed by atoms with Crippen LogP contribution in [0, 0.1) is 0 Å². The highest BCUT2D eigenvalue weighted by Gasteiger charge is 2.17. The maximum absolute atomic E-state index is 5.44. The highest BCUT2D eigenvalue weighted by molar-refractivity contribution is 7.12. The van der Waals surface area contributed by atoms with Crippen molar-refractivity contribution in [1.29, 1.82) is 0 Å². The Bertz CT molecular complexity index is 766. The lowest BCUT2D eigenvalue weighted by molar-refractivity contribution is 0.324. The maximum Gasteiger partial charge on any atom is 0.203 e. The molecule has 0 unspecified atom stereocenters. The molecule has 7 heteroatoms. The maximum atomic E-state index is 5.44. The van der Waals surface area contributed by atoms with Gasteiger partial charge in [0.2, 0.25) is 10.6 Å². The van der Waals surface area contributed by atoms with E-state index in [0.717, 1.165) is 15.4 Å². The standard InChI is InChI=1S/C18H25N3O3S/c1-21-18(19-13-8-6-5-7-9-13)25-17(20-21)12-10-14(22-2)16(24-4)15(11-12)23-3/h10-11,13H,5-9H2,1-4H3. The molecule has 0 amide bonds. The van der Waals surface area contributed by atoms with Crippen molar-refractivity contribution in [3.8, 4) is 27.8 Å². The van der Waals surface area contributed by atoms with Gasteiger partial charge in [0.25, 0.3) is 0 Å². The van der Waals surface area contributed by atoms with Gasteiger partial charge in [-0.2, -0.15) is 5.10 Å². The predicted molar refractivity (Wildman–Crippen MR) is 98.6 cm³/mol. The van der Waals surface area contributed by atoms with Crippen LogP contribution in [0.4, 0.5) is 0 Å². The molecule has 25 heavy (non-hydrogen) atoms. The highest BCUT2D eigenvalue weighted by Crippen LogP contribution is 2.41. The zero-order valence-corrected chi connectivity index (χ0v) is 16.1. The third-order valence-corrected chi connectivity index (χ3v) is 5.55. The number of hydrogen-bond acceptors (Lipinski definition) is 6. The number of ether oxygens (including phenoxy) is 3. The molecule has 0 radical (unpaired) electrons. The van der Waals surface area contributed by atoms with Gasteiger partial charge in [0.1, 0.15) is 5.01 Å². The minimum Gasteiger partial charge on any atom is -0.493 e. The average Bonchev–Trinajstić information content (AvgIpc) is 3.01. The van der Waals surface area contributed by atoms with Crippen LogP contribution in [0.5, 0.6) is 17.2 Å². The number of methoxy groups -OCH3 is 3. The van der Waals surface area contributed by atoms with E-state index < -0.39 is 0 Å². The fraction of sp³-hybridized carbons (Fsp3) is 0.556. The van der Waals surface area contributed by atoms with E-state index in [9.17, 15) is 0 Å². The van der Waals surface area contributed by atoms with Crippen molar-refractivity contribution in [2.24, 2.45) is 12.0 Å². The monoisotopic (exact) mass is 363 g/mol. The first-order valence-corrected chi connectivity index (χ1v) is 9.36. The summed E-state index contributed by atoms with van der Waals surface area (Å²) in [4.78, 5) is 5.87. The summed E-state index contributed by atoms with van der Waals surface area (Å²) in [5, 5.41) is 5.53. The normalized spacial score (nSPS) is 16.1. The summed E-state index contributed by atoms with van der Waals surface area (Å²) in [7, 11) is 6.78. The third kappa shape index (κ3) is 3.81. The van der Waals surface area contributed by atoms with Crippen LogP contribution in [0.25, 0.3) is 10.6 Å². The van der Waals surface area contributed by atoms with Crippen molar-refractivity contribution in [2.75, 3.05) is 21.3 Å². The fourth-order valence-electron chi connectivity index (χ4n) is 3.15. The number of aryl methyl sites for hydroxylation is 1. The molecule has 136 valence electrons. The Morgan fingerprint density at radius 1 is 1.04 bits per heavy atom. The summed E-state index contributed by atoms with van der Waals surface area (Å²) in [5.74, 6) is 1.84. The molecule has 1 fully saturated rings. The van der Waals surface area contributed by atoms with Gasteiger partial charge in [-0.05, 0) is 25.0 Å². The number of aromatic nitrogens is 2. The van der Waals surface area contributed by atoms with Gasteiger partial charge < -0.3 is 14.2 Å². The van der Waals surface area contributed by atoms with E-state index in [1.807, 2.05) is 23.9 Å². The van der Waals surface area contributed by atoms with Crippen molar-refractivity contribution in [3.63, 3.8) is 0 Å². The van der Waals surface area contributed by atoms with Crippen molar-refractivity contribution >= 4 is 11.3 Å². The minimum atomic E-state index is 0.424. The molecule has 0 saturated heterocycles. The Morgan fingerprint density at radius 3 is 2.24 bits per heavy atom. The van der Waals surface area contributed by atoms with Crippen LogP contribution in [-0.4, -0.2) is 37.2 Å². The van der Waals surface area contributed by atoms with E-state index in [-0.39, 0.29) is 0 Å². The topological polar surface area (TPSA) is 57.9 Å². The molecule has 0 aliphatic heterocycles. The van der Waals surface area contributed by atoms with Crippen molar-refractivity contribution in [2.45, 2.75) is 38.1 Å². The Balaban J connectivity index is 2.00. The molecule has 1 aromatic carbocycles. The van der Waals surface area contributed by atoms with E-state index in [1.54, 1.807) is 32.7 Å². The molecule has 0 bridgehead atoms. The summed E-state index contributed by atoms with van der Waals surface area (Å²) >= 11 is 1.59. The average molecular weight is 363 g/mol. The summed E-state index contributed by atoms with van der Waals surface area (Å²) < 4.78 is 18.1. The largest absolute Gasteiger partial charge is 0.493 e. The SMILES string of the molecule is COc1cc(-c2nn(C)c(=NC3CCCCC3)s2)cc(OC)c1OC. The molecule has 1 heterocycles. The first-order valence-electron chi connectivity index (χ1n) is 8.54. The highest BCUT2D eigenvalue weighted by atomic mass is 32.1. The van der Waals surface area contributed by atoms with Gasteiger partial charge in [-0.1, -0.05) is 30.6 Å². The lowest BCUT2D eigenvalue weighted by Crippen LogP contribution is -2.18. The summed E-state index contributed by atoms with van der Waals surface area (Å²) in [6.07, 6.45) is 6.24. The Morgan fingerprint density at radius 2 is 1.68 bits per heavy atom. The van der Waals surface area contributed by atoms with Gasteiger partial charge >= 0.3 is 0 Å². The van der Waals surface area contributed by atoms with E-state index in [4.69, 9.17) is 19.2 Å². The molecule has 1 aliphatic carbocycles. The third-order valence-electron chi connectivity index (χ3n) is 4.49. The van der Waals surface area contributed by atoms with E-state index >= 15 is 0 Å². The molecule has 0 atom stereocenters. The van der Waals surface area contributed by atoms with E-state index in [1.165, 1.54) is 32.1 Å². The van der Waals surface area contributed by atoms with Crippen LogP contribution in [-0.2, 0) is 7.05 Å². The van der Waals surface area contributed by atoms with Gasteiger partial charge in [0.15, 0.2) is 11.5 Å². The second-order valence-corrected chi connectivity index (χ2v) is 7.10. The first kappa shape index (κ1) is 17.8. The number of rotatable bonds is 5. The van der Waals surface area contributed by atoms with Crippen molar-refractivity contribution in [3.05, 3.63) is 16.9 Å². The molecule has 1 saturated carbocycles. The van der Waals surface area contributed by atoms with Crippen LogP contribution in [0.1, 0.15) is 32.1 Å². The molecule has 1 aliphatic rings. The fourth-order valence-corrected chi connectivity index (χ4v) is 4.10. The van der Waals surface area contributed by atoms with Gasteiger partial charge in [0.05, 0.1) is 27.4 Å². The lowest BCUT2D eigenvalue weighted by Gasteiger charge is -2.16. The molecule has 0 spiro atoms. The Labute approximate surface area is 152 Å². The van der Waals surface area contributed by atoms with Crippen molar-refractivity contribution < 1.29 is 14.2 Å². The van der Waals surface area contributed by atoms with Crippen LogP contribution in [0.2, 0.25) is 0 Å². The van der Waals surface area contributed by atoms with E-state index in [0.29, 0.717) is 23.3 Å². The predicted octanol–water partition coefficient (Wildman–Crippen LogP) is 3.41. The van der Waals surface area contributed by atoms with Crippen LogP contribution < -0.4 is 19.0 Å². The Kier molecular flexibility index (Phi) is 5.63. The molecule has 3 rings (SSSR count). The number of benzene rings is 1. The van der Waals surface area contributed by atoms with Gasteiger partial charge in [-0.15, -0.1) is 0 Å². The second kappa shape index (κ2) is 7.91. The minimum absolute atomic E-state index is 0.424. The summed E-state index contributed by atoms with van der Waals surface area (Å²) in [6.45, 7) is 0. The molecular weight excluding hydrogens is 338 g/mol. The quantitative estimate of drug-likeness (QED) is 0.817. The first-order chi connectivity index (χ1) is 12.2. The number of nitrogens with zero attached hydrogens (tertiary/aromatic N) is 3. The van der Waals surface area contributed by atoms with Gasteiger partial charge in [0, 0.05) is 12.6 Å². The van der Waals surface area contributed by atoms with Gasteiger partial charge in [-0.25, -0.2) is 4.68 Å². The van der Waals surface area contributed by atoms with Crippen LogP contribution >= 0.6 is 11.3 Å². The summed E-state index contributed by atoms with van der Waals surface area (Å²) in [5.41, 5.74) is 0.931. The van der Waals surface area contributed by atoms with E-state index in [2.05, 4.69) is 5.10 Å². The van der Waals surface area contributed by atoms with Crippen molar-refractivity contribution in [1.82, 2.24) is 9.78 Å². The molecule has 0 N–H and O–H groups in total. The second-order valence-electron chi connectivity index (χ2n) is 6.15. The Hall–Kier alpha value is -2.02. The number of hydrogen-bond donors (Lipinski definition) is 0. The van der Waals surface area contributed by atoms with Crippen LogP contribution in [0.3, 0.4) is 0 Å². The molecule has 2 aromatic rings. The molecular formula is C18H25N3O3S. The zero-order chi connectivity index (χ0) is 17.8. The smallest absolute Gasteiger partial charge is 0.203 e. The van der Waals surface area contributed by atoms with Crippen LogP contribution in [0.15, 0.2) is 17.1 Å². The molecule has 6 nitrogen and oxygen atoms in total.